The summed E-state index contributed by atoms with van der Waals surface area (Å²) in [5.41, 5.74) is 8.19. The van der Waals surface area contributed by atoms with E-state index >= 15 is 0 Å². The Hall–Kier alpha value is -2.93. The van der Waals surface area contributed by atoms with Crippen LogP contribution in [0.15, 0.2) is 60.0 Å². The predicted octanol–water partition coefficient (Wildman–Crippen LogP) is 3.30. The molecule has 2 N–H and O–H groups in total. The smallest absolute Gasteiger partial charge is 0.205 e. The zero-order chi connectivity index (χ0) is 15.5. The Labute approximate surface area is 129 Å². The summed E-state index contributed by atoms with van der Waals surface area (Å²) < 4.78 is 11.3. The van der Waals surface area contributed by atoms with Crippen LogP contribution in [0.2, 0.25) is 0 Å². The molecule has 22 heavy (non-hydrogen) atoms. The average Bonchev–Trinajstić information content (AvgIpc) is 2.54. The summed E-state index contributed by atoms with van der Waals surface area (Å²) in [6.45, 7) is 2.49. The summed E-state index contributed by atoms with van der Waals surface area (Å²) in [4.78, 5) is 0. The van der Waals surface area contributed by atoms with E-state index in [1.165, 1.54) is 0 Å². The largest absolute Gasteiger partial charge is 0.494 e. The summed E-state index contributed by atoms with van der Waals surface area (Å²) >= 11 is 0. The Balaban J connectivity index is 2.22. The van der Waals surface area contributed by atoms with Gasteiger partial charge < -0.3 is 15.2 Å². The lowest BCUT2D eigenvalue weighted by atomic mass is 9.83. The van der Waals surface area contributed by atoms with Crippen LogP contribution in [0.5, 0.6) is 11.5 Å². The fourth-order valence-corrected chi connectivity index (χ4v) is 2.73. The van der Waals surface area contributed by atoms with Gasteiger partial charge in [0.1, 0.15) is 23.1 Å². The van der Waals surface area contributed by atoms with Crippen molar-refractivity contribution in [3.8, 4) is 17.6 Å². The number of hydrogen-bond donors (Lipinski definition) is 1. The summed E-state index contributed by atoms with van der Waals surface area (Å²) in [6, 6.07) is 17.5. The summed E-state index contributed by atoms with van der Waals surface area (Å²) in [7, 11) is 0. The van der Waals surface area contributed by atoms with Crippen molar-refractivity contribution in [2.45, 2.75) is 12.8 Å². The van der Waals surface area contributed by atoms with Crippen LogP contribution in [0, 0.1) is 11.3 Å². The second-order valence-electron chi connectivity index (χ2n) is 4.93. The Bertz CT molecular complexity index is 775. The molecular formula is C18H16N2O2. The van der Waals surface area contributed by atoms with E-state index in [9.17, 15) is 5.26 Å². The van der Waals surface area contributed by atoms with Crippen LogP contribution in [-0.2, 0) is 0 Å². The maximum atomic E-state index is 9.53. The second-order valence-corrected chi connectivity index (χ2v) is 4.93. The summed E-state index contributed by atoms with van der Waals surface area (Å²) in [5.74, 6) is 1.30. The van der Waals surface area contributed by atoms with Gasteiger partial charge in [0, 0.05) is 11.1 Å². The number of nitrogens with zero attached hydrogens (tertiary/aromatic N) is 1. The number of rotatable bonds is 3. The molecule has 0 radical (unpaired) electrons. The van der Waals surface area contributed by atoms with Gasteiger partial charge in [0.05, 0.1) is 12.5 Å². The van der Waals surface area contributed by atoms with Gasteiger partial charge in [0.15, 0.2) is 0 Å². The molecule has 1 atom stereocenters. The third-order valence-electron chi connectivity index (χ3n) is 3.65. The van der Waals surface area contributed by atoms with Gasteiger partial charge in [-0.2, -0.15) is 5.26 Å². The Morgan fingerprint density at radius 3 is 2.55 bits per heavy atom. The van der Waals surface area contributed by atoms with E-state index < -0.39 is 0 Å². The zero-order valence-corrected chi connectivity index (χ0v) is 12.2. The molecule has 0 saturated carbocycles. The molecule has 1 heterocycles. The SMILES string of the molecule is CCOc1ccccc1[C@@H]1C(C#N)=C(N)Oc2ccccc21. The van der Waals surface area contributed by atoms with Crippen LogP contribution in [-0.4, -0.2) is 6.61 Å². The van der Waals surface area contributed by atoms with Gasteiger partial charge in [0.2, 0.25) is 5.88 Å². The maximum absolute atomic E-state index is 9.53. The van der Waals surface area contributed by atoms with Gasteiger partial charge in [-0.15, -0.1) is 0 Å². The van der Waals surface area contributed by atoms with Crippen LogP contribution in [0.3, 0.4) is 0 Å². The zero-order valence-electron chi connectivity index (χ0n) is 12.2. The molecule has 0 aromatic heterocycles. The van der Waals surface area contributed by atoms with Crippen LogP contribution in [0.25, 0.3) is 0 Å². The van der Waals surface area contributed by atoms with Gasteiger partial charge >= 0.3 is 0 Å². The van der Waals surface area contributed by atoms with Crippen LogP contribution in [0.1, 0.15) is 24.0 Å². The van der Waals surface area contributed by atoms with E-state index in [2.05, 4.69) is 6.07 Å². The first-order chi connectivity index (χ1) is 10.8. The summed E-state index contributed by atoms with van der Waals surface area (Å²) in [6.07, 6.45) is 0. The number of nitrogens with two attached hydrogens (primary N) is 1. The normalized spacial score (nSPS) is 16.5. The van der Waals surface area contributed by atoms with Crippen molar-refractivity contribution >= 4 is 0 Å². The molecule has 4 nitrogen and oxygen atoms in total. The molecule has 0 unspecified atom stereocenters. The molecule has 1 aliphatic rings. The lowest BCUT2D eigenvalue weighted by Gasteiger charge is -2.27. The molecule has 4 heteroatoms. The highest BCUT2D eigenvalue weighted by Crippen LogP contribution is 2.44. The summed E-state index contributed by atoms with van der Waals surface area (Å²) in [5, 5.41) is 9.53. The number of hydrogen-bond acceptors (Lipinski definition) is 4. The fraction of sp³-hybridized carbons (Fsp3) is 0.167. The molecule has 0 aliphatic carbocycles. The van der Waals surface area contributed by atoms with Crippen molar-refractivity contribution in [2.75, 3.05) is 6.61 Å². The molecule has 0 saturated heterocycles. The minimum absolute atomic E-state index is 0.150. The molecule has 3 rings (SSSR count). The highest BCUT2D eigenvalue weighted by molar-refractivity contribution is 5.58. The van der Waals surface area contributed by atoms with Crippen LogP contribution < -0.4 is 15.2 Å². The van der Waals surface area contributed by atoms with Gasteiger partial charge in [-0.05, 0) is 19.1 Å². The third kappa shape index (κ3) is 2.27. The predicted molar refractivity (Wildman–Crippen MR) is 83.4 cm³/mol. The lowest BCUT2D eigenvalue weighted by Crippen LogP contribution is -2.21. The monoisotopic (exact) mass is 292 g/mol. The number of benzene rings is 2. The molecule has 0 spiro atoms. The number of fused-ring (bicyclic) bond motifs is 1. The fourth-order valence-electron chi connectivity index (χ4n) is 2.73. The van der Waals surface area contributed by atoms with Gasteiger partial charge in [-0.3, -0.25) is 0 Å². The Kier molecular flexibility index (Phi) is 3.71. The van der Waals surface area contributed by atoms with Gasteiger partial charge in [-0.1, -0.05) is 36.4 Å². The van der Waals surface area contributed by atoms with E-state index in [1.807, 2.05) is 55.5 Å². The Morgan fingerprint density at radius 2 is 1.82 bits per heavy atom. The van der Waals surface area contributed by atoms with Crippen LogP contribution in [0.4, 0.5) is 0 Å². The molecule has 1 aliphatic heterocycles. The number of para-hydroxylation sites is 2. The minimum atomic E-state index is -0.280. The molecule has 2 aromatic carbocycles. The molecule has 2 aromatic rings. The van der Waals surface area contributed by atoms with E-state index in [0.29, 0.717) is 17.9 Å². The van der Waals surface area contributed by atoms with Crippen molar-refractivity contribution in [2.24, 2.45) is 5.73 Å². The van der Waals surface area contributed by atoms with E-state index in [-0.39, 0.29) is 11.8 Å². The van der Waals surface area contributed by atoms with Crippen molar-refractivity contribution in [3.05, 3.63) is 71.1 Å². The minimum Gasteiger partial charge on any atom is -0.494 e. The molecule has 0 bridgehead atoms. The number of ether oxygens (including phenoxy) is 2. The van der Waals surface area contributed by atoms with E-state index in [1.54, 1.807) is 0 Å². The van der Waals surface area contributed by atoms with E-state index in [4.69, 9.17) is 15.2 Å². The highest BCUT2D eigenvalue weighted by atomic mass is 16.5. The second kappa shape index (κ2) is 5.82. The first-order valence-corrected chi connectivity index (χ1v) is 7.14. The number of nitriles is 1. The lowest BCUT2D eigenvalue weighted by molar-refractivity contribution is 0.334. The molecule has 0 fully saturated rings. The van der Waals surface area contributed by atoms with Crippen LogP contribution >= 0.6 is 0 Å². The highest BCUT2D eigenvalue weighted by Gasteiger charge is 2.31. The van der Waals surface area contributed by atoms with Gasteiger partial charge in [0.25, 0.3) is 0 Å². The molecule has 110 valence electrons. The van der Waals surface area contributed by atoms with Gasteiger partial charge in [-0.25, -0.2) is 0 Å². The number of allylic oxidation sites excluding steroid dienone is 1. The quantitative estimate of drug-likeness (QED) is 0.942. The van der Waals surface area contributed by atoms with Crippen molar-refractivity contribution in [1.82, 2.24) is 0 Å². The maximum Gasteiger partial charge on any atom is 0.205 e. The average molecular weight is 292 g/mol. The van der Waals surface area contributed by atoms with E-state index in [0.717, 1.165) is 16.9 Å². The third-order valence-corrected chi connectivity index (χ3v) is 3.65. The van der Waals surface area contributed by atoms with Crippen molar-refractivity contribution < 1.29 is 9.47 Å². The first-order valence-electron chi connectivity index (χ1n) is 7.14. The van der Waals surface area contributed by atoms with Crippen molar-refractivity contribution in [1.29, 1.82) is 5.26 Å². The topological polar surface area (TPSA) is 68.3 Å². The van der Waals surface area contributed by atoms with Crippen molar-refractivity contribution in [3.63, 3.8) is 0 Å². The first kappa shape index (κ1) is 14.0. The standard InChI is InChI=1S/C18H16N2O2/c1-2-21-15-9-5-3-7-12(15)17-13-8-4-6-10-16(13)22-18(20)14(17)11-19/h3-10,17H,2,20H2,1H3/t17-/m0/s1. The Morgan fingerprint density at radius 1 is 1.14 bits per heavy atom. The molecule has 0 amide bonds. The molecular weight excluding hydrogens is 276 g/mol.